The topological polar surface area (TPSA) is 42.3 Å². The Morgan fingerprint density at radius 3 is 2.19 bits per heavy atom. The number of amides is 2. The molecule has 1 aromatic heterocycles. The van der Waals surface area contributed by atoms with E-state index in [-0.39, 0.29) is 11.8 Å². The van der Waals surface area contributed by atoms with Crippen LogP contribution in [0.4, 0.5) is 0 Å². The second-order valence-electron chi connectivity index (χ2n) is 6.87. The number of benzene rings is 2. The molecule has 2 aliphatic rings. The highest BCUT2D eigenvalue weighted by atomic mass is 16.2. The monoisotopic (exact) mass is 354 g/mol. The van der Waals surface area contributed by atoms with Gasteiger partial charge in [-0.05, 0) is 43.0 Å². The SMILES string of the molecule is O=C1c2ccccc2C(=O)N1n1c(-c2ccccc2)cc2c1CCCC=C2. The van der Waals surface area contributed by atoms with Crippen molar-refractivity contribution >= 4 is 17.9 Å². The summed E-state index contributed by atoms with van der Waals surface area (Å²) in [4.78, 5) is 26.3. The van der Waals surface area contributed by atoms with Crippen molar-refractivity contribution in [3.8, 4) is 11.3 Å². The van der Waals surface area contributed by atoms with E-state index >= 15 is 0 Å². The quantitative estimate of drug-likeness (QED) is 0.639. The average molecular weight is 354 g/mol. The number of rotatable bonds is 2. The van der Waals surface area contributed by atoms with Crippen LogP contribution in [-0.4, -0.2) is 16.5 Å². The minimum absolute atomic E-state index is 0.264. The molecular formula is C23H18N2O2. The lowest BCUT2D eigenvalue weighted by Crippen LogP contribution is -2.41. The van der Waals surface area contributed by atoms with E-state index in [2.05, 4.69) is 18.2 Å². The molecule has 0 unspecified atom stereocenters. The first-order chi connectivity index (χ1) is 13.3. The Morgan fingerprint density at radius 1 is 0.815 bits per heavy atom. The molecule has 4 heteroatoms. The van der Waals surface area contributed by atoms with Crippen molar-refractivity contribution < 1.29 is 9.59 Å². The number of carbonyl (C=O) groups excluding carboxylic acids is 2. The fraction of sp³-hybridized carbons (Fsp3) is 0.130. The lowest BCUT2D eigenvalue weighted by Gasteiger charge is -2.22. The standard InChI is InChI=1S/C23H18N2O2/c26-22-18-12-7-8-13-19(18)23(27)25(22)24-20-14-6-2-5-11-17(20)15-21(24)16-9-3-1-4-10-16/h1,3-5,7-13,15H,2,6,14H2. The second-order valence-corrected chi connectivity index (χ2v) is 6.87. The van der Waals surface area contributed by atoms with Crippen LogP contribution in [0.2, 0.25) is 0 Å². The van der Waals surface area contributed by atoms with Crippen LogP contribution in [0.3, 0.4) is 0 Å². The third kappa shape index (κ3) is 2.37. The van der Waals surface area contributed by atoms with Gasteiger partial charge in [0.05, 0.1) is 16.8 Å². The Morgan fingerprint density at radius 2 is 1.48 bits per heavy atom. The van der Waals surface area contributed by atoms with Gasteiger partial charge in [-0.1, -0.05) is 54.6 Å². The van der Waals surface area contributed by atoms with Crippen LogP contribution in [0.5, 0.6) is 0 Å². The number of hydrogen-bond acceptors (Lipinski definition) is 2. The summed E-state index contributed by atoms with van der Waals surface area (Å²) in [6, 6.07) is 19.0. The van der Waals surface area contributed by atoms with Gasteiger partial charge in [-0.2, -0.15) is 5.01 Å². The zero-order valence-corrected chi connectivity index (χ0v) is 14.8. The highest BCUT2D eigenvalue weighted by Crippen LogP contribution is 2.33. The van der Waals surface area contributed by atoms with E-state index in [1.54, 1.807) is 24.3 Å². The van der Waals surface area contributed by atoms with Crippen LogP contribution in [0.1, 0.15) is 44.8 Å². The van der Waals surface area contributed by atoms with Crippen LogP contribution in [-0.2, 0) is 6.42 Å². The molecule has 3 aromatic rings. The molecule has 0 bridgehead atoms. The smallest absolute Gasteiger partial charge is 0.267 e. The predicted octanol–water partition coefficient (Wildman–Crippen LogP) is 4.44. The van der Waals surface area contributed by atoms with Crippen LogP contribution < -0.4 is 5.01 Å². The highest BCUT2D eigenvalue weighted by Gasteiger charge is 2.39. The molecule has 0 radical (unpaired) electrons. The summed E-state index contributed by atoms with van der Waals surface area (Å²) in [5.74, 6) is -0.529. The Kier molecular flexibility index (Phi) is 3.57. The van der Waals surface area contributed by atoms with Gasteiger partial charge in [0.15, 0.2) is 0 Å². The van der Waals surface area contributed by atoms with Crippen LogP contribution in [0, 0.1) is 0 Å². The molecule has 0 N–H and O–H groups in total. The maximum Gasteiger partial charge on any atom is 0.281 e. The molecule has 2 aromatic carbocycles. The summed E-state index contributed by atoms with van der Waals surface area (Å²) >= 11 is 0. The molecule has 27 heavy (non-hydrogen) atoms. The number of allylic oxidation sites excluding steroid dienone is 1. The van der Waals surface area contributed by atoms with Crippen LogP contribution >= 0.6 is 0 Å². The number of hydrogen-bond donors (Lipinski definition) is 0. The van der Waals surface area contributed by atoms with Crippen LogP contribution in [0.25, 0.3) is 17.3 Å². The predicted molar refractivity (Wildman–Crippen MR) is 105 cm³/mol. The van der Waals surface area contributed by atoms with E-state index in [0.717, 1.165) is 41.8 Å². The van der Waals surface area contributed by atoms with Crippen molar-refractivity contribution in [2.75, 3.05) is 5.01 Å². The number of aromatic nitrogens is 1. The van der Waals surface area contributed by atoms with E-state index in [1.165, 1.54) is 5.01 Å². The molecule has 0 spiro atoms. The third-order valence-corrected chi connectivity index (χ3v) is 5.23. The van der Waals surface area contributed by atoms with E-state index in [0.29, 0.717) is 11.1 Å². The molecule has 0 saturated carbocycles. The minimum Gasteiger partial charge on any atom is -0.267 e. The zero-order chi connectivity index (χ0) is 18.4. The second kappa shape index (κ2) is 6.09. The van der Waals surface area contributed by atoms with Crippen molar-refractivity contribution in [3.63, 3.8) is 0 Å². The third-order valence-electron chi connectivity index (χ3n) is 5.23. The molecular weight excluding hydrogens is 336 g/mol. The normalized spacial score (nSPS) is 15.6. The summed E-state index contributed by atoms with van der Waals surface area (Å²) in [6.45, 7) is 0. The van der Waals surface area contributed by atoms with Crippen LogP contribution in [0.15, 0.2) is 66.7 Å². The van der Waals surface area contributed by atoms with E-state index in [9.17, 15) is 9.59 Å². The molecule has 0 atom stereocenters. The first-order valence-electron chi connectivity index (χ1n) is 9.20. The fourth-order valence-electron chi connectivity index (χ4n) is 3.95. The lowest BCUT2D eigenvalue weighted by atomic mass is 10.1. The largest absolute Gasteiger partial charge is 0.281 e. The Hall–Kier alpha value is -3.40. The van der Waals surface area contributed by atoms with Crippen molar-refractivity contribution in [3.05, 3.63) is 89.1 Å². The zero-order valence-electron chi connectivity index (χ0n) is 14.8. The number of imide groups is 1. The van der Waals surface area contributed by atoms with E-state index < -0.39 is 0 Å². The van der Waals surface area contributed by atoms with Crippen molar-refractivity contribution in [2.24, 2.45) is 0 Å². The number of fused-ring (bicyclic) bond motifs is 2. The number of carbonyl (C=O) groups is 2. The van der Waals surface area contributed by atoms with Gasteiger partial charge in [-0.3, -0.25) is 9.59 Å². The molecule has 132 valence electrons. The Bertz CT molecular complexity index is 1060. The molecule has 0 saturated heterocycles. The van der Waals surface area contributed by atoms with Gasteiger partial charge < -0.3 is 0 Å². The van der Waals surface area contributed by atoms with E-state index in [1.807, 2.05) is 35.0 Å². The summed E-state index contributed by atoms with van der Waals surface area (Å²) in [6.07, 6.45) is 7.07. The summed E-state index contributed by atoms with van der Waals surface area (Å²) < 4.78 is 1.84. The molecule has 2 amide bonds. The van der Waals surface area contributed by atoms with Gasteiger partial charge in [0.1, 0.15) is 0 Å². The first-order valence-corrected chi connectivity index (χ1v) is 9.20. The maximum atomic E-state index is 13.1. The molecule has 1 aliphatic carbocycles. The van der Waals surface area contributed by atoms with Gasteiger partial charge in [-0.25, -0.2) is 4.68 Å². The van der Waals surface area contributed by atoms with Crippen molar-refractivity contribution in [1.82, 2.24) is 4.68 Å². The molecule has 0 fully saturated rings. The Labute approximate surface area is 157 Å². The molecule has 1 aliphatic heterocycles. The summed E-state index contributed by atoms with van der Waals surface area (Å²) in [7, 11) is 0. The minimum atomic E-state index is -0.264. The van der Waals surface area contributed by atoms with Crippen molar-refractivity contribution in [1.29, 1.82) is 0 Å². The van der Waals surface area contributed by atoms with Crippen molar-refractivity contribution in [2.45, 2.75) is 19.3 Å². The van der Waals surface area contributed by atoms with Gasteiger partial charge in [0.2, 0.25) is 0 Å². The summed E-state index contributed by atoms with van der Waals surface area (Å²) in [5, 5.41) is 1.31. The number of nitrogens with zero attached hydrogens (tertiary/aromatic N) is 2. The molecule has 2 heterocycles. The van der Waals surface area contributed by atoms with Gasteiger partial charge >= 0.3 is 0 Å². The van der Waals surface area contributed by atoms with Gasteiger partial charge in [-0.15, -0.1) is 0 Å². The maximum absolute atomic E-state index is 13.1. The first kappa shape index (κ1) is 15.8. The lowest BCUT2D eigenvalue weighted by molar-refractivity contribution is 0.0885. The van der Waals surface area contributed by atoms with Gasteiger partial charge in [0, 0.05) is 11.3 Å². The highest BCUT2D eigenvalue weighted by molar-refractivity contribution is 6.30. The molecule has 5 rings (SSSR count). The fourth-order valence-corrected chi connectivity index (χ4v) is 3.95. The summed E-state index contributed by atoms with van der Waals surface area (Å²) in [5.41, 5.74) is 4.86. The van der Waals surface area contributed by atoms with Gasteiger partial charge in [0.25, 0.3) is 11.8 Å². The molecule has 4 nitrogen and oxygen atoms in total. The van der Waals surface area contributed by atoms with E-state index in [4.69, 9.17) is 0 Å². The Balaban J connectivity index is 1.75. The average Bonchev–Trinajstić information content (AvgIpc) is 3.06.